The first-order valence-electron chi connectivity index (χ1n) is 6.23. The number of halogens is 1. The third kappa shape index (κ3) is 4.11. The molecule has 1 rings (SSSR count). The molecule has 0 aliphatic heterocycles. The van der Waals surface area contributed by atoms with E-state index in [2.05, 4.69) is 0 Å². The van der Waals surface area contributed by atoms with Gasteiger partial charge in [-0.05, 0) is 25.5 Å². The molecule has 0 N–H and O–H groups in total. The van der Waals surface area contributed by atoms with E-state index in [1.165, 1.54) is 0 Å². The Kier molecular flexibility index (Phi) is 6.67. The summed E-state index contributed by atoms with van der Waals surface area (Å²) in [7, 11) is 1.60. The lowest BCUT2D eigenvalue weighted by Crippen LogP contribution is -2.35. The number of carbonyl (C=O) groups excluding carboxylic acids is 1. The van der Waals surface area contributed by atoms with Gasteiger partial charge in [-0.15, -0.1) is 11.6 Å². The van der Waals surface area contributed by atoms with Crippen LogP contribution in [0.25, 0.3) is 0 Å². The molecule has 1 aromatic rings. The summed E-state index contributed by atoms with van der Waals surface area (Å²) in [5, 5.41) is 0. The number of alkyl halides is 1. The lowest BCUT2D eigenvalue weighted by Gasteiger charge is -2.25. The molecule has 0 fully saturated rings. The van der Waals surface area contributed by atoms with Crippen LogP contribution in [0.2, 0.25) is 0 Å². The zero-order valence-electron chi connectivity index (χ0n) is 11.6. The molecule has 0 radical (unpaired) electrons. The van der Waals surface area contributed by atoms with Gasteiger partial charge >= 0.3 is 0 Å². The molecular formula is C14H20ClNO3. The van der Waals surface area contributed by atoms with E-state index in [1.54, 1.807) is 12.0 Å². The van der Waals surface area contributed by atoms with Gasteiger partial charge in [0, 0.05) is 13.7 Å². The van der Waals surface area contributed by atoms with Crippen molar-refractivity contribution in [1.82, 2.24) is 0 Å². The van der Waals surface area contributed by atoms with Crippen LogP contribution in [0.15, 0.2) is 18.2 Å². The summed E-state index contributed by atoms with van der Waals surface area (Å²) < 4.78 is 10.6. The first-order valence-corrected chi connectivity index (χ1v) is 6.76. The summed E-state index contributed by atoms with van der Waals surface area (Å²) in [6, 6.07) is 5.70. The van der Waals surface area contributed by atoms with Gasteiger partial charge in [0.25, 0.3) is 0 Å². The average Bonchev–Trinajstić information content (AvgIpc) is 2.41. The van der Waals surface area contributed by atoms with Crippen molar-refractivity contribution in [3.63, 3.8) is 0 Å². The van der Waals surface area contributed by atoms with E-state index in [-0.39, 0.29) is 11.8 Å². The lowest BCUT2D eigenvalue weighted by molar-refractivity contribution is -0.116. The van der Waals surface area contributed by atoms with E-state index in [0.29, 0.717) is 25.5 Å². The van der Waals surface area contributed by atoms with Crippen molar-refractivity contribution in [2.24, 2.45) is 0 Å². The van der Waals surface area contributed by atoms with Crippen LogP contribution in [0.3, 0.4) is 0 Å². The number of hydrogen-bond acceptors (Lipinski definition) is 3. The van der Waals surface area contributed by atoms with E-state index in [1.807, 2.05) is 32.0 Å². The van der Waals surface area contributed by atoms with Gasteiger partial charge in [-0.1, -0.05) is 12.1 Å². The van der Waals surface area contributed by atoms with Gasteiger partial charge in [0.15, 0.2) is 0 Å². The van der Waals surface area contributed by atoms with Crippen LogP contribution in [0.5, 0.6) is 5.75 Å². The summed E-state index contributed by atoms with van der Waals surface area (Å²) >= 11 is 5.68. The predicted molar refractivity (Wildman–Crippen MR) is 77.3 cm³/mol. The molecule has 0 aliphatic rings. The number of anilines is 1. The second-order valence-electron chi connectivity index (χ2n) is 4.03. The third-order valence-electron chi connectivity index (χ3n) is 2.70. The van der Waals surface area contributed by atoms with Gasteiger partial charge in [0.05, 0.1) is 18.9 Å². The molecule has 0 aromatic heterocycles. The van der Waals surface area contributed by atoms with E-state index < -0.39 is 0 Å². The monoisotopic (exact) mass is 285 g/mol. The second-order valence-corrected chi connectivity index (χ2v) is 4.29. The van der Waals surface area contributed by atoms with Crippen LogP contribution in [0, 0.1) is 6.92 Å². The van der Waals surface area contributed by atoms with Crippen LogP contribution >= 0.6 is 11.6 Å². The van der Waals surface area contributed by atoms with Crippen molar-refractivity contribution in [3.8, 4) is 5.75 Å². The van der Waals surface area contributed by atoms with Crippen molar-refractivity contribution in [2.75, 3.05) is 37.6 Å². The Morgan fingerprint density at radius 3 is 2.74 bits per heavy atom. The minimum atomic E-state index is -0.158. The van der Waals surface area contributed by atoms with Crippen LogP contribution < -0.4 is 9.64 Å². The molecule has 0 heterocycles. The Morgan fingerprint density at radius 2 is 2.16 bits per heavy atom. The standard InChI is InChI=1S/C14H20ClNO3/c1-4-19-12-7-5-6-11(2)14(12)16(8-9-18-3)13(17)10-15/h5-7H,4,8-10H2,1-3H3. The Morgan fingerprint density at radius 1 is 1.42 bits per heavy atom. The molecule has 0 atom stereocenters. The Labute approximate surface area is 119 Å². The number of aryl methyl sites for hydroxylation is 1. The number of ether oxygens (including phenoxy) is 2. The van der Waals surface area contributed by atoms with Crippen molar-refractivity contribution in [2.45, 2.75) is 13.8 Å². The molecule has 106 valence electrons. The summed E-state index contributed by atoms with van der Waals surface area (Å²) in [4.78, 5) is 13.6. The maximum Gasteiger partial charge on any atom is 0.242 e. The van der Waals surface area contributed by atoms with Crippen LogP contribution in [0.4, 0.5) is 5.69 Å². The third-order valence-corrected chi connectivity index (χ3v) is 2.93. The van der Waals surface area contributed by atoms with E-state index in [9.17, 15) is 4.79 Å². The molecule has 0 spiro atoms. The molecule has 1 aromatic carbocycles. The van der Waals surface area contributed by atoms with Gasteiger partial charge < -0.3 is 14.4 Å². The van der Waals surface area contributed by atoms with E-state index in [4.69, 9.17) is 21.1 Å². The molecule has 0 saturated carbocycles. The maximum atomic E-state index is 12.0. The van der Waals surface area contributed by atoms with E-state index >= 15 is 0 Å². The van der Waals surface area contributed by atoms with Crippen molar-refractivity contribution < 1.29 is 14.3 Å². The highest BCUT2D eigenvalue weighted by Crippen LogP contribution is 2.32. The minimum Gasteiger partial charge on any atom is -0.492 e. The summed E-state index contributed by atoms with van der Waals surface area (Å²) in [5.74, 6) is 0.468. The normalized spacial score (nSPS) is 10.3. The van der Waals surface area contributed by atoms with E-state index in [0.717, 1.165) is 11.3 Å². The molecular weight excluding hydrogens is 266 g/mol. The van der Waals surface area contributed by atoms with Crippen molar-refractivity contribution in [1.29, 1.82) is 0 Å². The lowest BCUT2D eigenvalue weighted by atomic mass is 10.1. The van der Waals surface area contributed by atoms with Gasteiger partial charge in [-0.2, -0.15) is 0 Å². The topological polar surface area (TPSA) is 38.8 Å². The fraction of sp³-hybridized carbons (Fsp3) is 0.500. The quantitative estimate of drug-likeness (QED) is 0.723. The van der Waals surface area contributed by atoms with Crippen LogP contribution in [-0.2, 0) is 9.53 Å². The molecule has 1 amide bonds. The fourth-order valence-corrected chi connectivity index (χ4v) is 2.01. The number of methoxy groups -OCH3 is 1. The Bertz CT molecular complexity index is 423. The predicted octanol–water partition coefficient (Wildman–Crippen LogP) is 2.61. The molecule has 0 unspecified atom stereocenters. The summed E-state index contributed by atoms with van der Waals surface area (Å²) in [5.41, 5.74) is 1.74. The minimum absolute atomic E-state index is 0.0659. The molecule has 0 bridgehead atoms. The molecule has 0 saturated heterocycles. The largest absolute Gasteiger partial charge is 0.492 e. The summed E-state index contributed by atoms with van der Waals surface area (Å²) in [6.45, 7) is 5.30. The highest BCUT2D eigenvalue weighted by Gasteiger charge is 2.20. The first-order chi connectivity index (χ1) is 9.15. The number of hydrogen-bond donors (Lipinski definition) is 0. The molecule has 0 aliphatic carbocycles. The number of carbonyl (C=O) groups is 1. The fourth-order valence-electron chi connectivity index (χ4n) is 1.87. The number of rotatable bonds is 7. The number of nitrogens with zero attached hydrogens (tertiary/aromatic N) is 1. The SMILES string of the molecule is CCOc1cccc(C)c1N(CCOC)C(=O)CCl. The summed E-state index contributed by atoms with van der Waals surface area (Å²) in [6.07, 6.45) is 0. The van der Waals surface area contributed by atoms with Crippen LogP contribution in [-0.4, -0.2) is 38.7 Å². The molecule has 4 nitrogen and oxygen atoms in total. The van der Waals surface area contributed by atoms with Gasteiger partial charge in [-0.3, -0.25) is 4.79 Å². The highest BCUT2D eigenvalue weighted by atomic mass is 35.5. The number of para-hydroxylation sites is 1. The smallest absolute Gasteiger partial charge is 0.242 e. The highest BCUT2D eigenvalue weighted by molar-refractivity contribution is 6.29. The first kappa shape index (κ1) is 15.8. The van der Waals surface area contributed by atoms with Gasteiger partial charge in [0.2, 0.25) is 5.91 Å². The van der Waals surface area contributed by atoms with Gasteiger partial charge in [-0.25, -0.2) is 0 Å². The number of benzene rings is 1. The second kappa shape index (κ2) is 8.02. The Hall–Kier alpha value is -1.26. The van der Waals surface area contributed by atoms with Crippen molar-refractivity contribution >= 4 is 23.2 Å². The van der Waals surface area contributed by atoms with Crippen molar-refractivity contribution in [3.05, 3.63) is 23.8 Å². The Balaban J connectivity index is 3.15. The molecule has 19 heavy (non-hydrogen) atoms. The zero-order chi connectivity index (χ0) is 14.3. The maximum absolute atomic E-state index is 12.0. The zero-order valence-corrected chi connectivity index (χ0v) is 12.4. The molecule has 5 heteroatoms. The van der Waals surface area contributed by atoms with Gasteiger partial charge in [0.1, 0.15) is 11.6 Å². The van der Waals surface area contributed by atoms with Crippen LogP contribution in [0.1, 0.15) is 12.5 Å². The average molecular weight is 286 g/mol. The number of amides is 1.